The number of aliphatic imine (C=N–C) groups is 1. The summed E-state index contributed by atoms with van der Waals surface area (Å²) in [4.78, 5) is 16.5. The van der Waals surface area contributed by atoms with E-state index in [1.165, 1.54) is 6.07 Å². The van der Waals surface area contributed by atoms with E-state index < -0.39 is 38.2 Å². The number of thioether (sulfide) groups is 1. The number of nitrogens with two attached hydrogens (primary N) is 1. The molecule has 176 valence electrons. The number of benzene rings is 1. The van der Waals surface area contributed by atoms with Crippen LogP contribution in [0, 0.1) is 17.2 Å². The maximum atomic E-state index is 13.2. The number of ether oxygens (including phenoxy) is 1. The first-order chi connectivity index (χ1) is 14.9. The fourth-order valence-corrected chi connectivity index (χ4v) is 5.72. The van der Waals surface area contributed by atoms with E-state index >= 15 is 0 Å². The molecule has 0 aliphatic heterocycles. The molecular weight excluding hydrogens is 467 g/mol. The zero-order valence-corrected chi connectivity index (χ0v) is 18.9. The lowest BCUT2D eigenvalue weighted by Gasteiger charge is -2.25. The van der Waals surface area contributed by atoms with E-state index in [1.54, 1.807) is 0 Å². The fraction of sp³-hybridized carbons (Fsp3) is 0.550. The van der Waals surface area contributed by atoms with Gasteiger partial charge in [-0.25, -0.2) is 8.42 Å². The Morgan fingerprint density at radius 2 is 1.97 bits per heavy atom. The van der Waals surface area contributed by atoms with Gasteiger partial charge in [0, 0.05) is 6.26 Å². The van der Waals surface area contributed by atoms with E-state index in [4.69, 9.17) is 11.1 Å². The molecule has 1 aromatic carbocycles. The Kier molecular flexibility index (Phi) is 6.94. The summed E-state index contributed by atoms with van der Waals surface area (Å²) >= 11 is 0.748. The third kappa shape index (κ3) is 5.28. The molecule has 12 heteroatoms. The van der Waals surface area contributed by atoms with Crippen molar-refractivity contribution in [3.05, 3.63) is 23.8 Å². The quantitative estimate of drug-likeness (QED) is 0.458. The van der Waals surface area contributed by atoms with Crippen LogP contribution in [-0.4, -0.2) is 37.7 Å². The molecule has 2 fully saturated rings. The number of nitrogens with zero attached hydrogens (tertiary/aromatic N) is 1. The van der Waals surface area contributed by atoms with Gasteiger partial charge in [0.1, 0.15) is 10.6 Å². The zero-order valence-electron chi connectivity index (χ0n) is 17.3. The van der Waals surface area contributed by atoms with Crippen molar-refractivity contribution in [1.29, 1.82) is 5.41 Å². The van der Waals surface area contributed by atoms with Gasteiger partial charge in [0.15, 0.2) is 15.0 Å². The molecule has 2 atom stereocenters. The maximum absolute atomic E-state index is 13.2. The molecule has 0 saturated heterocycles. The predicted molar refractivity (Wildman–Crippen MR) is 116 cm³/mol. The lowest BCUT2D eigenvalue weighted by atomic mass is 9.80. The van der Waals surface area contributed by atoms with Crippen LogP contribution in [0.3, 0.4) is 0 Å². The van der Waals surface area contributed by atoms with Crippen molar-refractivity contribution in [2.75, 3.05) is 6.26 Å². The summed E-state index contributed by atoms with van der Waals surface area (Å²) in [6, 6.07) is 3.38. The third-order valence-corrected chi connectivity index (χ3v) is 7.68. The van der Waals surface area contributed by atoms with Crippen molar-refractivity contribution < 1.29 is 31.1 Å². The van der Waals surface area contributed by atoms with Gasteiger partial charge in [0.25, 0.3) is 5.91 Å². The van der Waals surface area contributed by atoms with Crippen LogP contribution < -0.4 is 10.5 Å². The Hall–Kier alpha value is -2.08. The molecule has 0 unspecified atom stereocenters. The molecule has 3 N–H and O–H groups in total. The number of hydrogen-bond acceptors (Lipinski definition) is 6. The minimum absolute atomic E-state index is 0.139. The lowest BCUT2D eigenvalue weighted by Crippen LogP contribution is -2.27. The standard InChI is InChI=1S/C20H24F3N3O4S2/c1-32(28,29)16-8-7-13(9-15(16)30-20(21,22)23)19(17(27)26-18(25)31-11-24)10-14(19)12-5-3-2-4-6-12/h7-9,11-12,14,24H,2-6,10H2,1H3,(H2,25,26,27)/t14-,19-/m0/s1. The number of rotatable bonds is 6. The van der Waals surface area contributed by atoms with Crippen LogP contribution in [0.25, 0.3) is 0 Å². The third-order valence-electron chi connectivity index (χ3n) is 6.09. The molecule has 0 heterocycles. The molecule has 2 aliphatic carbocycles. The van der Waals surface area contributed by atoms with Crippen molar-refractivity contribution in [3.8, 4) is 5.75 Å². The van der Waals surface area contributed by atoms with Crippen molar-refractivity contribution in [1.82, 2.24) is 0 Å². The molecule has 3 rings (SSSR count). The minimum atomic E-state index is -5.11. The average Bonchev–Trinajstić information content (AvgIpc) is 3.44. The molecule has 1 aromatic rings. The van der Waals surface area contributed by atoms with Gasteiger partial charge in [-0.15, -0.1) is 13.2 Å². The van der Waals surface area contributed by atoms with E-state index in [2.05, 4.69) is 9.73 Å². The summed E-state index contributed by atoms with van der Waals surface area (Å²) in [6.07, 6.45) is 0.983. The Balaban J connectivity index is 2.09. The number of alkyl halides is 3. The summed E-state index contributed by atoms with van der Waals surface area (Å²) in [5, 5.41) is 6.95. The predicted octanol–water partition coefficient (Wildman–Crippen LogP) is 4.01. The Bertz CT molecular complexity index is 1040. The van der Waals surface area contributed by atoms with Gasteiger partial charge in [-0.3, -0.25) is 4.79 Å². The number of carbonyl (C=O) groups is 1. The van der Waals surface area contributed by atoms with Crippen LogP contribution in [0.2, 0.25) is 0 Å². The summed E-state index contributed by atoms with van der Waals surface area (Å²) in [5.41, 5.74) is 5.64. The van der Waals surface area contributed by atoms with Crippen molar-refractivity contribution in [3.63, 3.8) is 0 Å². The number of sulfone groups is 1. The van der Waals surface area contributed by atoms with Crippen molar-refractivity contribution in [2.24, 2.45) is 22.6 Å². The monoisotopic (exact) mass is 491 g/mol. The highest BCUT2D eigenvalue weighted by Gasteiger charge is 2.63. The van der Waals surface area contributed by atoms with Crippen LogP contribution in [0.5, 0.6) is 5.75 Å². The maximum Gasteiger partial charge on any atom is 0.573 e. The van der Waals surface area contributed by atoms with Crippen LogP contribution in [-0.2, 0) is 20.0 Å². The summed E-state index contributed by atoms with van der Waals surface area (Å²) in [7, 11) is -4.01. The van der Waals surface area contributed by atoms with E-state index in [0.717, 1.165) is 67.8 Å². The molecule has 1 amide bonds. The zero-order chi connectivity index (χ0) is 23.7. The van der Waals surface area contributed by atoms with Crippen molar-refractivity contribution >= 4 is 38.2 Å². The van der Waals surface area contributed by atoms with Crippen molar-refractivity contribution in [2.45, 2.75) is 55.2 Å². The second-order valence-electron chi connectivity index (χ2n) is 8.15. The molecule has 2 aliphatic rings. The molecule has 7 nitrogen and oxygen atoms in total. The molecule has 0 radical (unpaired) electrons. The fourth-order valence-electron chi connectivity index (χ4n) is 4.68. The van der Waals surface area contributed by atoms with Gasteiger partial charge < -0.3 is 15.9 Å². The summed E-state index contributed by atoms with van der Waals surface area (Å²) in [5.74, 6) is -1.41. The van der Waals surface area contributed by atoms with Gasteiger partial charge in [0.05, 0.1) is 11.0 Å². The topological polar surface area (TPSA) is 123 Å². The number of amides is 1. The smallest absolute Gasteiger partial charge is 0.404 e. The Morgan fingerprint density at radius 3 is 2.53 bits per heavy atom. The summed E-state index contributed by atoms with van der Waals surface area (Å²) in [6.45, 7) is 0. The van der Waals surface area contributed by atoms with Gasteiger partial charge in [-0.1, -0.05) is 38.2 Å². The second kappa shape index (κ2) is 9.05. The highest BCUT2D eigenvalue weighted by molar-refractivity contribution is 8.24. The second-order valence-corrected chi connectivity index (χ2v) is 11.0. The minimum Gasteiger partial charge on any atom is -0.404 e. The van der Waals surface area contributed by atoms with Gasteiger partial charge in [0.2, 0.25) is 0 Å². The number of halogens is 3. The van der Waals surface area contributed by atoms with E-state index in [1.807, 2.05) is 0 Å². The molecule has 0 spiro atoms. The van der Waals surface area contributed by atoms with Crippen LogP contribution in [0.15, 0.2) is 28.1 Å². The van der Waals surface area contributed by atoms with E-state index in [0.29, 0.717) is 6.42 Å². The van der Waals surface area contributed by atoms with Crippen LogP contribution in [0.1, 0.15) is 44.1 Å². The number of nitrogens with one attached hydrogen (secondary N) is 1. The number of hydrogen-bond donors (Lipinski definition) is 2. The van der Waals surface area contributed by atoms with Gasteiger partial charge >= 0.3 is 6.36 Å². The first-order valence-electron chi connectivity index (χ1n) is 10.0. The molecule has 32 heavy (non-hydrogen) atoms. The molecule has 2 saturated carbocycles. The number of carbonyl (C=O) groups excluding carboxylic acids is 1. The average molecular weight is 492 g/mol. The Morgan fingerprint density at radius 1 is 1.31 bits per heavy atom. The van der Waals surface area contributed by atoms with E-state index in [-0.39, 0.29) is 22.6 Å². The molecule has 0 aromatic heterocycles. The van der Waals surface area contributed by atoms with Gasteiger partial charge in [-0.2, -0.15) is 4.99 Å². The van der Waals surface area contributed by atoms with E-state index in [9.17, 15) is 26.4 Å². The molecule has 0 bridgehead atoms. The SMILES string of the molecule is CS(=O)(=O)c1ccc([C@@]2(C(=O)N=C(N)SC=N)C[C@H]2C2CCCCC2)cc1OC(F)(F)F. The highest BCUT2D eigenvalue weighted by Crippen LogP contribution is 2.61. The number of amidine groups is 1. The van der Waals surface area contributed by atoms with Gasteiger partial charge in [-0.05, 0) is 47.7 Å². The van der Waals surface area contributed by atoms with Crippen LogP contribution in [0.4, 0.5) is 13.2 Å². The van der Waals surface area contributed by atoms with Crippen LogP contribution >= 0.6 is 11.8 Å². The first kappa shape index (κ1) is 24.6. The normalized spacial score (nSPS) is 24.8. The Labute approximate surface area is 188 Å². The largest absolute Gasteiger partial charge is 0.573 e. The molecular formula is C20H24F3N3O4S2. The summed E-state index contributed by atoms with van der Waals surface area (Å²) < 4.78 is 67.0. The lowest BCUT2D eigenvalue weighted by molar-refractivity contribution is -0.275. The first-order valence-corrected chi connectivity index (χ1v) is 12.8. The highest BCUT2D eigenvalue weighted by atomic mass is 32.2.